The lowest BCUT2D eigenvalue weighted by Crippen LogP contribution is -2.42. The van der Waals surface area contributed by atoms with Gasteiger partial charge in [0.25, 0.3) is 0 Å². The number of fused-ring (bicyclic) bond motifs is 3. The molecule has 0 saturated heterocycles. The van der Waals surface area contributed by atoms with E-state index < -0.39 is 0 Å². The zero-order valence-electron chi connectivity index (χ0n) is 25.9. The molecule has 0 bridgehead atoms. The van der Waals surface area contributed by atoms with Gasteiger partial charge in [0.2, 0.25) is 0 Å². The van der Waals surface area contributed by atoms with E-state index in [-0.39, 0.29) is 5.54 Å². The van der Waals surface area contributed by atoms with Crippen LogP contribution in [0.2, 0.25) is 0 Å². The van der Waals surface area contributed by atoms with Crippen molar-refractivity contribution >= 4 is 81.2 Å². The van der Waals surface area contributed by atoms with Gasteiger partial charge in [0.1, 0.15) is 0 Å². The number of nitrogens with zero attached hydrogens (tertiary/aromatic N) is 1. The number of anilines is 2. The maximum atomic E-state index is 2.52. The van der Waals surface area contributed by atoms with Crippen LogP contribution in [0.15, 0.2) is 158 Å². The Kier molecular flexibility index (Phi) is 6.97. The van der Waals surface area contributed by atoms with Gasteiger partial charge in [-0.05, 0) is 107 Å². The molecule has 4 heteroatoms. The van der Waals surface area contributed by atoms with Crippen LogP contribution in [0, 0.1) is 0 Å². The summed E-state index contributed by atoms with van der Waals surface area (Å²) in [5, 5.41) is 3.92. The molecule has 0 aliphatic heterocycles. The zero-order chi connectivity index (χ0) is 31.4. The van der Waals surface area contributed by atoms with Crippen LogP contribution in [-0.4, -0.2) is 5.54 Å². The molecular weight excluding hydrogens is 627 g/mol. The van der Waals surface area contributed by atoms with Crippen LogP contribution in [-0.2, 0) is 0 Å². The lowest BCUT2D eigenvalue weighted by atomic mass is 9.87. The summed E-state index contributed by atoms with van der Waals surface area (Å²) in [7, 11) is 0. The van der Waals surface area contributed by atoms with Gasteiger partial charge in [-0.2, -0.15) is 0 Å². The van der Waals surface area contributed by atoms with E-state index in [1.165, 1.54) is 73.0 Å². The van der Waals surface area contributed by atoms with E-state index in [1.807, 2.05) is 34.0 Å². The number of hydrogen-bond acceptors (Lipinski definition) is 4. The Balaban J connectivity index is 1.08. The second kappa shape index (κ2) is 11.5. The number of benzene rings is 5. The summed E-state index contributed by atoms with van der Waals surface area (Å²) in [6.45, 7) is 2.36. The SMILES string of the molecule is CC1(N(c2ccc(-c3cc4ccccc4s3)cc2)c2ccc(-c3cc4ccccc4s3)cc2)C=CC(c2cc3ccccc3s2)=CC1. The van der Waals surface area contributed by atoms with Crippen molar-refractivity contribution in [2.75, 3.05) is 4.90 Å². The van der Waals surface area contributed by atoms with Gasteiger partial charge in [-0.3, -0.25) is 0 Å². The second-order valence-corrected chi connectivity index (χ2v) is 15.7. The summed E-state index contributed by atoms with van der Waals surface area (Å²) in [5.74, 6) is 0. The fraction of sp³-hybridized carbons (Fsp3) is 0.0698. The predicted molar refractivity (Wildman–Crippen MR) is 209 cm³/mol. The first-order valence-corrected chi connectivity index (χ1v) is 18.4. The molecule has 0 radical (unpaired) electrons. The van der Waals surface area contributed by atoms with E-state index in [9.17, 15) is 0 Å². The Morgan fingerprint density at radius 3 is 1.36 bits per heavy atom. The predicted octanol–water partition coefficient (Wildman–Crippen LogP) is 13.6. The van der Waals surface area contributed by atoms with Gasteiger partial charge in [0.15, 0.2) is 0 Å². The molecule has 226 valence electrons. The lowest BCUT2D eigenvalue weighted by molar-refractivity contribution is 0.571. The standard InChI is InChI=1S/C43H31NS3/c1-43(24-22-31(23-25-43)42-28-34-10-4-7-13-39(34)47-42)44(35-18-14-29(15-19-35)40-26-32-8-2-5-11-37(32)45-40)36-20-16-30(17-21-36)41-27-33-9-3-6-12-38(33)46-41/h2-24,26-28H,25H2,1H3. The molecule has 0 saturated carbocycles. The zero-order valence-corrected chi connectivity index (χ0v) is 28.3. The summed E-state index contributed by atoms with van der Waals surface area (Å²) in [4.78, 5) is 6.45. The molecular formula is C43H31NS3. The Hall–Kier alpha value is -4.74. The van der Waals surface area contributed by atoms with Crippen molar-refractivity contribution in [3.63, 3.8) is 0 Å². The minimum atomic E-state index is -0.238. The highest BCUT2D eigenvalue weighted by molar-refractivity contribution is 7.22. The second-order valence-electron chi connectivity index (χ2n) is 12.4. The van der Waals surface area contributed by atoms with Crippen molar-refractivity contribution < 1.29 is 0 Å². The first kappa shape index (κ1) is 28.5. The minimum Gasteiger partial charge on any atom is -0.332 e. The van der Waals surface area contributed by atoms with E-state index in [0.717, 1.165) is 6.42 Å². The number of hydrogen-bond donors (Lipinski definition) is 0. The molecule has 8 aromatic rings. The maximum Gasteiger partial charge on any atom is 0.0643 e. The van der Waals surface area contributed by atoms with Gasteiger partial charge in [0, 0.05) is 40.1 Å². The number of thiophene rings is 3. The van der Waals surface area contributed by atoms with Crippen molar-refractivity contribution in [2.24, 2.45) is 0 Å². The molecule has 3 heterocycles. The molecule has 1 atom stereocenters. The van der Waals surface area contributed by atoms with Crippen LogP contribution in [0.25, 0.3) is 56.7 Å². The van der Waals surface area contributed by atoms with Gasteiger partial charge < -0.3 is 4.90 Å². The van der Waals surface area contributed by atoms with Crippen LogP contribution in [0.1, 0.15) is 18.2 Å². The molecule has 0 amide bonds. The Labute approximate surface area is 287 Å². The molecule has 1 aliphatic carbocycles. The van der Waals surface area contributed by atoms with Gasteiger partial charge >= 0.3 is 0 Å². The minimum absolute atomic E-state index is 0.238. The third kappa shape index (κ3) is 5.23. The molecule has 0 N–H and O–H groups in total. The van der Waals surface area contributed by atoms with E-state index >= 15 is 0 Å². The monoisotopic (exact) mass is 657 g/mol. The Bertz CT molecular complexity index is 2240. The fourth-order valence-electron chi connectivity index (χ4n) is 6.73. The summed E-state index contributed by atoms with van der Waals surface area (Å²) >= 11 is 5.59. The van der Waals surface area contributed by atoms with Crippen LogP contribution < -0.4 is 4.90 Å². The smallest absolute Gasteiger partial charge is 0.0643 e. The molecule has 0 spiro atoms. The fourth-order valence-corrected chi connectivity index (χ4v) is 9.95. The van der Waals surface area contributed by atoms with Gasteiger partial charge in [0.05, 0.1) is 5.54 Å². The first-order valence-electron chi connectivity index (χ1n) is 16.0. The highest BCUT2D eigenvalue weighted by Crippen LogP contribution is 2.43. The van der Waals surface area contributed by atoms with Crippen molar-refractivity contribution in [1.82, 2.24) is 0 Å². The van der Waals surface area contributed by atoms with Crippen LogP contribution >= 0.6 is 34.0 Å². The molecule has 1 unspecified atom stereocenters. The molecule has 47 heavy (non-hydrogen) atoms. The summed E-state index contributed by atoms with van der Waals surface area (Å²) in [5.41, 5.74) is 5.96. The van der Waals surface area contributed by atoms with Crippen molar-refractivity contribution in [3.8, 4) is 20.9 Å². The Morgan fingerprint density at radius 1 is 0.511 bits per heavy atom. The highest BCUT2D eigenvalue weighted by atomic mass is 32.1. The van der Waals surface area contributed by atoms with Crippen molar-refractivity contribution in [1.29, 1.82) is 0 Å². The molecule has 1 aliphatic rings. The average Bonchev–Trinajstić information content (AvgIpc) is 3.86. The van der Waals surface area contributed by atoms with Crippen LogP contribution in [0.3, 0.4) is 0 Å². The van der Waals surface area contributed by atoms with Crippen molar-refractivity contribution in [3.05, 3.63) is 163 Å². The van der Waals surface area contributed by atoms with Gasteiger partial charge in [-0.25, -0.2) is 0 Å². The third-order valence-corrected chi connectivity index (χ3v) is 12.7. The molecule has 1 nitrogen and oxygen atoms in total. The van der Waals surface area contributed by atoms with E-state index in [2.05, 4.69) is 170 Å². The topological polar surface area (TPSA) is 3.24 Å². The number of allylic oxidation sites excluding steroid dienone is 2. The van der Waals surface area contributed by atoms with Crippen LogP contribution in [0.4, 0.5) is 11.4 Å². The van der Waals surface area contributed by atoms with Gasteiger partial charge in [-0.1, -0.05) is 97.1 Å². The third-order valence-electron chi connectivity index (χ3n) is 9.25. The summed E-state index contributed by atoms with van der Waals surface area (Å²) in [6, 6.07) is 51.2. The highest BCUT2D eigenvalue weighted by Gasteiger charge is 2.32. The molecule has 9 rings (SSSR count). The quantitative estimate of drug-likeness (QED) is 0.172. The first-order chi connectivity index (χ1) is 23.1. The Morgan fingerprint density at radius 2 is 0.936 bits per heavy atom. The van der Waals surface area contributed by atoms with E-state index in [0.29, 0.717) is 0 Å². The summed E-state index contributed by atoms with van der Waals surface area (Å²) < 4.78 is 3.99. The lowest BCUT2D eigenvalue weighted by Gasteiger charge is -2.42. The summed E-state index contributed by atoms with van der Waals surface area (Å²) in [6.07, 6.45) is 8.07. The van der Waals surface area contributed by atoms with Gasteiger partial charge in [-0.15, -0.1) is 34.0 Å². The normalized spacial score (nSPS) is 16.2. The van der Waals surface area contributed by atoms with E-state index in [1.54, 1.807) is 0 Å². The molecule has 5 aromatic carbocycles. The average molecular weight is 658 g/mol. The molecule has 3 aromatic heterocycles. The molecule has 0 fully saturated rings. The van der Waals surface area contributed by atoms with Crippen molar-refractivity contribution in [2.45, 2.75) is 18.9 Å². The maximum absolute atomic E-state index is 2.52. The van der Waals surface area contributed by atoms with Crippen LogP contribution in [0.5, 0.6) is 0 Å². The largest absolute Gasteiger partial charge is 0.332 e. The number of rotatable bonds is 6. The van der Waals surface area contributed by atoms with E-state index in [4.69, 9.17) is 0 Å².